The van der Waals surface area contributed by atoms with Gasteiger partial charge in [0.05, 0.1) is 0 Å². The third kappa shape index (κ3) is 4.35. The molecule has 0 aromatic heterocycles. The van der Waals surface area contributed by atoms with Gasteiger partial charge in [-0.15, -0.1) is 0 Å². The Morgan fingerprint density at radius 2 is 1.87 bits per heavy atom. The predicted molar refractivity (Wildman–Crippen MR) is 97.9 cm³/mol. The third-order valence-electron chi connectivity index (χ3n) is 4.59. The standard InChI is InChI=1S/C20H25ClN2/c1-16-7-6-8-17(13-16)14-22-15-20(23-11-4-5-12-23)18-9-2-3-10-19(18)21/h2-3,6-10,13,20,22H,4-5,11-12,14-15H2,1H3. The van der Waals surface area contributed by atoms with Crippen molar-refractivity contribution in [3.05, 3.63) is 70.2 Å². The molecule has 1 aliphatic heterocycles. The molecular weight excluding hydrogens is 304 g/mol. The van der Waals surface area contributed by atoms with Crippen molar-refractivity contribution >= 4 is 11.6 Å². The summed E-state index contributed by atoms with van der Waals surface area (Å²) in [6.07, 6.45) is 2.58. The fourth-order valence-electron chi connectivity index (χ4n) is 3.41. The molecule has 122 valence electrons. The third-order valence-corrected chi connectivity index (χ3v) is 4.94. The number of benzene rings is 2. The first-order valence-electron chi connectivity index (χ1n) is 8.49. The molecule has 3 heteroatoms. The first kappa shape index (κ1) is 16.5. The first-order chi connectivity index (χ1) is 11.2. The maximum atomic E-state index is 6.46. The lowest BCUT2D eigenvalue weighted by Gasteiger charge is -2.29. The van der Waals surface area contributed by atoms with Gasteiger partial charge in [-0.3, -0.25) is 4.90 Å². The molecule has 2 aromatic carbocycles. The lowest BCUT2D eigenvalue weighted by atomic mass is 10.0. The normalized spacial score (nSPS) is 16.6. The van der Waals surface area contributed by atoms with E-state index in [-0.39, 0.29) is 0 Å². The number of halogens is 1. The second kappa shape index (κ2) is 7.96. The van der Waals surface area contributed by atoms with E-state index in [0.29, 0.717) is 6.04 Å². The molecule has 0 aliphatic carbocycles. The average Bonchev–Trinajstić information content (AvgIpc) is 3.07. The number of rotatable bonds is 6. The maximum absolute atomic E-state index is 6.46. The van der Waals surface area contributed by atoms with E-state index >= 15 is 0 Å². The van der Waals surface area contributed by atoms with Crippen LogP contribution in [-0.4, -0.2) is 24.5 Å². The monoisotopic (exact) mass is 328 g/mol. The van der Waals surface area contributed by atoms with Crippen molar-refractivity contribution in [1.29, 1.82) is 0 Å². The summed E-state index contributed by atoms with van der Waals surface area (Å²) in [6, 6.07) is 17.3. The molecule has 2 aromatic rings. The van der Waals surface area contributed by atoms with Crippen LogP contribution in [0.15, 0.2) is 48.5 Å². The van der Waals surface area contributed by atoms with Crippen LogP contribution in [0.5, 0.6) is 0 Å². The molecule has 2 nitrogen and oxygen atoms in total. The lowest BCUT2D eigenvalue weighted by Crippen LogP contribution is -2.34. The Labute approximate surface area is 144 Å². The molecule has 0 radical (unpaired) electrons. The van der Waals surface area contributed by atoms with E-state index in [2.05, 4.69) is 53.5 Å². The SMILES string of the molecule is Cc1cccc(CNCC(c2ccccc2Cl)N2CCCC2)c1. The Morgan fingerprint density at radius 3 is 2.61 bits per heavy atom. The Kier molecular flexibility index (Phi) is 5.71. The van der Waals surface area contributed by atoms with Crippen LogP contribution in [0, 0.1) is 6.92 Å². The number of hydrogen-bond acceptors (Lipinski definition) is 2. The van der Waals surface area contributed by atoms with Crippen LogP contribution < -0.4 is 5.32 Å². The summed E-state index contributed by atoms with van der Waals surface area (Å²) >= 11 is 6.46. The second-order valence-corrected chi connectivity index (χ2v) is 6.81. The minimum atomic E-state index is 0.357. The van der Waals surface area contributed by atoms with Crippen molar-refractivity contribution in [1.82, 2.24) is 10.2 Å². The highest BCUT2D eigenvalue weighted by molar-refractivity contribution is 6.31. The Bertz CT molecular complexity index is 635. The van der Waals surface area contributed by atoms with Gasteiger partial charge < -0.3 is 5.32 Å². The summed E-state index contributed by atoms with van der Waals surface area (Å²) in [4.78, 5) is 2.56. The van der Waals surface area contributed by atoms with Gasteiger partial charge in [-0.2, -0.15) is 0 Å². The van der Waals surface area contributed by atoms with Crippen LogP contribution in [0.25, 0.3) is 0 Å². The van der Waals surface area contributed by atoms with Gasteiger partial charge in [-0.1, -0.05) is 59.6 Å². The van der Waals surface area contributed by atoms with Crippen molar-refractivity contribution < 1.29 is 0 Å². The predicted octanol–water partition coefficient (Wildman–Crippen LogP) is 4.58. The quantitative estimate of drug-likeness (QED) is 0.835. The molecule has 1 unspecified atom stereocenters. The first-order valence-corrected chi connectivity index (χ1v) is 8.86. The number of nitrogens with zero attached hydrogens (tertiary/aromatic N) is 1. The van der Waals surface area contributed by atoms with E-state index in [1.165, 1.54) is 42.6 Å². The van der Waals surface area contributed by atoms with Gasteiger partial charge in [-0.25, -0.2) is 0 Å². The van der Waals surface area contributed by atoms with Crippen LogP contribution in [0.2, 0.25) is 5.02 Å². The van der Waals surface area contributed by atoms with Crippen molar-refractivity contribution in [3.8, 4) is 0 Å². The summed E-state index contributed by atoms with van der Waals surface area (Å²) in [5.74, 6) is 0. The number of hydrogen-bond donors (Lipinski definition) is 1. The Morgan fingerprint density at radius 1 is 1.09 bits per heavy atom. The smallest absolute Gasteiger partial charge is 0.0487 e. The van der Waals surface area contributed by atoms with Gasteiger partial charge in [0.2, 0.25) is 0 Å². The number of nitrogens with one attached hydrogen (secondary N) is 1. The van der Waals surface area contributed by atoms with Crippen LogP contribution in [-0.2, 0) is 6.54 Å². The number of aryl methyl sites for hydroxylation is 1. The lowest BCUT2D eigenvalue weighted by molar-refractivity contribution is 0.238. The molecule has 3 rings (SSSR count). The Hall–Kier alpha value is -1.35. The molecule has 0 bridgehead atoms. The van der Waals surface area contributed by atoms with E-state index in [1.807, 2.05) is 12.1 Å². The molecule has 0 saturated carbocycles. The molecule has 1 atom stereocenters. The summed E-state index contributed by atoms with van der Waals surface area (Å²) in [7, 11) is 0. The maximum Gasteiger partial charge on any atom is 0.0487 e. The van der Waals surface area contributed by atoms with Crippen molar-refractivity contribution in [3.63, 3.8) is 0 Å². The fourth-order valence-corrected chi connectivity index (χ4v) is 3.67. The van der Waals surface area contributed by atoms with Crippen LogP contribution in [0.1, 0.15) is 35.6 Å². The fraction of sp³-hybridized carbons (Fsp3) is 0.400. The van der Waals surface area contributed by atoms with Gasteiger partial charge in [0.25, 0.3) is 0 Å². The van der Waals surface area contributed by atoms with Gasteiger partial charge in [0.1, 0.15) is 0 Å². The second-order valence-electron chi connectivity index (χ2n) is 6.40. The molecule has 0 spiro atoms. The van der Waals surface area contributed by atoms with Crippen molar-refractivity contribution in [2.75, 3.05) is 19.6 Å². The van der Waals surface area contributed by atoms with Gasteiger partial charge in [0.15, 0.2) is 0 Å². The zero-order chi connectivity index (χ0) is 16.1. The molecular formula is C20H25ClN2. The summed E-state index contributed by atoms with van der Waals surface area (Å²) < 4.78 is 0. The average molecular weight is 329 g/mol. The highest BCUT2D eigenvalue weighted by atomic mass is 35.5. The van der Waals surface area contributed by atoms with Gasteiger partial charge >= 0.3 is 0 Å². The van der Waals surface area contributed by atoms with Gasteiger partial charge in [-0.05, 0) is 50.0 Å². The Balaban J connectivity index is 1.68. The summed E-state index contributed by atoms with van der Waals surface area (Å²) in [5.41, 5.74) is 3.89. The highest BCUT2D eigenvalue weighted by Gasteiger charge is 2.24. The topological polar surface area (TPSA) is 15.3 Å². The van der Waals surface area contributed by atoms with Crippen LogP contribution in [0.3, 0.4) is 0 Å². The highest BCUT2D eigenvalue weighted by Crippen LogP contribution is 2.29. The molecule has 23 heavy (non-hydrogen) atoms. The van der Waals surface area contributed by atoms with Crippen molar-refractivity contribution in [2.45, 2.75) is 32.4 Å². The number of likely N-dealkylation sites (tertiary alicyclic amines) is 1. The molecule has 1 N–H and O–H groups in total. The van der Waals surface area contributed by atoms with Crippen molar-refractivity contribution in [2.24, 2.45) is 0 Å². The summed E-state index contributed by atoms with van der Waals surface area (Å²) in [5, 5.41) is 4.51. The largest absolute Gasteiger partial charge is 0.311 e. The molecule has 1 heterocycles. The molecule has 1 saturated heterocycles. The minimum Gasteiger partial charge on any atom is -0.311 e. The zero-order valence-electron chi connectivity index (χ0n) is 13.8. The minimum absolute atomic E-state index is 0.357. The van der Waals surface area contributed by atoms with Gasteiger partial charge in [0, 0.05) is 24.2 Å². The van der Waals surface area contributed by atoms with E-state index in [9.17, 15) is 0 Å². The summed E-state index contributed by atoms with van der Waals surface area (Å²) in [6.45, 7) is 6.30. The van der Waals surface area contributed by atoms with Crippen LogP contribution in [0.4, 0.5) is 0 Å². The van der Waals surface area contributed by atoms with E-state index in [4.69, 9.17) is 11.6 Å². The van der Waals surface area contributed by atoms with Crippen LogP contribution >= 0.6 is 11.6 Å². The zero-order valence-corrected chi connectivity index (χ0v) is 14.5. The molecule has 1 aliphatic rings. The molecule has 1 fully saturated rings. The van der Waals surface area contributed by atoms with E-state index < -0.39 is 0 Å². The van der Waals surface area contributed by atoms with E-state index in [1.54, 1.807) is 0 Å². The van der Waals surface area contributed by atoms with E-state index in [0.717, 1.165) is 18.1 Å². The molecule has 0 amide bonds.